The van der Waals surface area contributed by atoms with E-state index in [1.165, 1.54) is 4.90 Å². The van der Waals surface area contributed by atoms with E-state index in [-0.39, 0.29) is 42.3 Å². The molecule has 4 aliphatic heterocycles. The maximum Gasteiger partial charge on any atom is 0.407 e. The van der Waals surface area contributed by atoms with E-state index in [0.29, 0.717) is 36.9 Å². The molecule has 4 aliphatic rings. The number of anilines is 1. The highest BCUT2D eigenvalue weighted by Crippen LogP contribution is 2.44. The van der Waals surface area contributed by atoms with Crippen molar-refractivity contribution in [2.45, 2.75) is 30.8 Å². The maximum absolute atomic E-state index is 13.6. The fourth-order valence-corrected chi connectivity index (χ4v) is 5.21. The van der Waals surface area contributed by atoms with E-state index >= 15 is 0 Å². The number of hydrogen-bond acceptors (Lipinski definition) is 6. The summed E-state index contributed by atoms with van der Waals surface area (Å²) in [4.78, 5) is 34.7. The van der Waals surface area contributed by atoms with Crippen LogP contribution in [0.25, 0.3) is 0 Å². The quantitative estimate of drug-likeness (QED) is 0.688. The van der Waals surface area contributed by atoms with Gasteiger partial charge in [-0.15, -0.1) is 0 Å². The van der Waals surface area contributed by atoms with Gasteiger partial charge in [-0.05, 0) is 19.3 Å². The molecule has 2 atom stereocenters. The first-order valence-electron chi connectivity index (χ1n) is 9.96. The average molecular weight is 423 g/mol. The van der Waals surface area contributed by atoms with Crippen LogP contribution in [0.4, 0.5) is 10.6 Å². The van der Waals surface area contributed by atoms with Gasteiger partial charge < -0.3 is 29.3 Å². The van der Waals surface area contributed by atoms with Crippen molar-refractivity contribution in [3.8, 4) is 5.75 Å². The standard InChI is InChI=1S/C19H23ClN4O5/c20-14-8-13-15(16(21-14)24-4-1-2-19(24)3-7-28-11-19)17(25)23-6-5-22(18(26)27)9-12(23)10-29-13/h8,12H,1-7,9-11H2,(H,26,27)/t12-,19?/m1/s1. The molecular formula is C19H23ClN4O5. The van der Waals surface area contributed by atoms with Crippen molar-refractivity contribution in [3.05, 3.63) is 16.8 Å². The number of carbonyl (C=O) groups is 2. The fourth-order valence-electron chi connectivity index (χ4n) is 5.03. The highest BCUT2D eigenvalue weighted by molar-refractivity contribution is 6.30. The summed E-state index contributed by atoms with van der Waals surface area (Å²) in [5.41, 5.74) is 0.272. The summed E-state index contributed by atoms with van der Waals surface area (Å²) in [6, 6.07) is 1.24. The Hall–Kier alpha value is -2.26. The molecule has 0 aromatic carbocycles. The highest BCUT2D eigenvalue weighted by atomic mass is 35.5. The molecule has 156 valence electrons. The highest BCUT2D eigenvalue weighted by Gasteiger charge is 2.47. The first-order valence-corrected chi connectivity index (χ1v) is 10.3. The molecule has 0 radical (unpaired) electrons. The minimum atomic E-state index is -0.982. The third kappa shape index (κ3) is 2.98. The van der Waals surface area contributed by atoms with Gasteiger partial charge in [-0.3, -0.25) is 4.79 Å². The van der Waals surface area contributed by atoms with Gasteiger partial charge in [-0.25, -0.2) is 9.78 Å². The molecule has 1 aromatic rings. The van der Waals surface area contributed by atoms with E-state index in [1.807, 2.05) is 0 Å². The Labute approximate surface area is 173 Å². The van der Waals surface area contributed by atoms with Crippen LogP contribution in [0.2, 0.25) is 5.15 Å². The lowest BCUT2D eigenvalue weighted by atomic mass is 9.95. The number of carbonyl (C=O) groups excluding carboxylic acids is 1. The van der Waals surface area contributed by atoms with Crippen LogP contribution in [0.1, 0.15) is 29.6 Å². The third-order valence-electron chi connectivity index (χ3n) is 6.53. The van der Waals surface area contributed by atoms with Gasteiger partial charge in [0, 0.05) is 38.9 Å². The van der Waals surface area contributed by atoms with Crippen LogP contribution in [-0.2, 0) is 4.74 Å². The van der Waals surface area contributed by atoms with Crippen molar-refractivity contribution in [2.24, 2.45) is 0 Å². The molecule has 0 saturated carbocycles. The van der Waals surface area contributed by atoms with Gasteiger partial charge in [0.15, 0.2) is 0 Å². The van der Waals surface area contributed by atoms with Crippen LogP contribution < -0.4 is 9.64 Å². The van der Waals surface area contributed by atoms with Crippen molar-refractivity contribution in [2.75, 3.05) is 50.9 Å². The summed E-state index contributed by atoms with van der Waals surface area (Å²) in [6.45, 7) is 3.16. The third-order valence-corrected chi connectivity index (χ3v) is 6.72. The van der Waals surface area contributed by atoms with Crippen LogP contribution in [0.15, 0.2) is 6.07 Å². The zero-order valence-corrected chi connectivity index (χ0v) is 16.7. The number of carboxylic acid groups (broad SMARTS) is 1. The molecule has 0 aliphatic carbocycles. The Kier molecular flexibility index (Phi) is 4.47. The molecule has 1 aromatic heterocycles. The van der Waals surface area contributed by atoms with Crippen LogP contribution in [0.5, 0.6) is 5.75 Å². The summed E-state index contributed by atoms with van der Waals surface area (Å²) < 4.78 is 11.7. The molecule has 0 bridgehead atoms. The summed E-state index contributed by atoms with van der Waals surface area (Å²) >= 11 is 6.31. The second-order valence-electron chi connectivity index (χ2n) is 8.12. The lowest BCUT2D eigenvalue weighted by molar-refractivity contribution is 0.0390. The van der Waals surface area contributed by atoms with Crippen LogP contribution >= 0.6 is 11.6 Å². The SMILES string of the molecule is O=C(O)N1CCN2C(=O)c3c(cc(Cl)nc3N3CCCC34CCOC4)OC[C@H]2C1. The normalized spacial score (nSPS) is 28.9. The summed E-state index contributed by atoms with van der Waals surface area (Å²) in [6.07, 6.45) is 1.90. The maximum atomic E-state index is 13.6. The second kappa shape index (κ2) is 6.91. The van der Waals surface area contributed by atoms with Crippen molar-refractivity contribution < 1.29 is 24.2 Å². The van der Waals surface area contributed by atoms with Crippen molar-refractivity contribution in [1.82, 2.24) is 14.8 Å². The Morgan fingerprint density at radius 3 is 2.93 bits per heavy atom. The van der Waals surface area contributed by atoms with Gasteiger partial charge in [0.05, 0.1) is 18.2 Å². The van der Waals surface area contributed by atoms with Crippen LogP contribution in [0, 0.1) is 0 Å². The van der Waals surface area contributed by atoms with E-state index in [4.69, 9.17) is 21.1 Å². The van der Waals surface area contributed by atoms with E-state index in [1.54, 1.807) is 11.0 Å². The zero-order chi connectivity index (χ0) is 20.2. The minimum absolute atomic E-state index is 0.153. The predicted octanol–water partition coefficient (Wildman–Crippen LogP) is 1.69. The molecule has 5 heterocycles. The number of pyridine rings is 1. The van der Waals surface area contributed by atoms with E-state index in [0.717, 1.165) is 25.8 Å². The molecular weight excluding hydrogens is 400 g/mol. The number of halogens is 1. The second-order valence-corrected chi connectivity index (χ2v) is 8.50. The first-order chi connectivity index (χ1) is 14.0. The molecule has 3 saturated heterocycles. The Morgan fingerprint density at radius 2 is 2.17 bits per heavy atom. The number of ether oxygens (including phenoxy) is 2. The van der Waals surface area contributed by atoms with Crippen molar-refractivity contribution >= 4 is 29.4 Å². The van der Waals surface area contributed by atoms with Crippen LogP contribution in [0.3, 0.4) is 0 Å². The van der Waals surface area contributed by atoms with Gasteiger partial charge in [0.2, 0.25) is 0 Å². The first kappa shape index (κ1) is 18.7. The smallest absolute Gasteiger partial charge is 0.407 e. The Morgan fingerprint density at radius 1 is 1.31 bits per heavy atom. The van der Waals surface area contributed by atoms with Crippen LogP contribution in [-0.4, -0.2) is 89.5 Å². The number of nitrogens with zero attached hydrogens (tertiary/aromatic N) is 4. The van der Waals surface area contributed by atoms with Gasteiger partial charge in [0.1, 0.15) is 28.9 Å². The average Bonchev–Trinajstić information content (AvgIpc) is 3.32. The number of fused-ring (bicyclic) bond motifs is 2. The Bertz CT molecular complexity index is 854. The molecule has 1 unspecified atom stereocenters. The summed E-state index contributed by atoms with van der Waals surface area (Å²) in [5, 5.41) is 9.59. The molecule has 5 rings (SSSR count). The number of hydrogen-bond donors (Lipinski definition) is 1. The summed E-state index contributed by atoms with van der Waals surface area (Å²) in [7, 11) is 0. The monoisotopic (exact) mass is 422 g/mol. The zero-order valence-electron chi connectivity index (χ0n) is 16.0. The molecule has 1 N–H and O–H groups in total. The topological polar surface area (TPSA) is 95.4 Å². The van der Waals surface area contributed by atoms with E-state index < -0.39 is 6.09 Å². The van der Waals surface area contributed by atoms with E-state index in [9.17, 15) is 14.7 Å². The summed E-state index contributed by atoms with van der Waals surface area (Å²) in [5.74, 6) is 0.803. The van der Waals surface area contributed by atoms with Gasteiger partial charge in [-0.2, -0.15) is 0 Å². The van der Waals surface area contributed by atoms with Crippen molar-refractivity contribution in [3.63, 3.8) is 0 Å². The fraction of sp³-hybridized carbons (Fsp3) is 0.632. The van der Waals surface area contributed by atoms with E-state index in [2.05, 4.69) is 9.88 Å². The molecule has 9 nitrogen and oxygen atoms in total. The van der Waals surface area contributed by atoms with Gasteiger partial charge in [-0.1, -0.05) is 11.6 Å². The Balaban J connectivity index is 1.54. The van der Waals surface area contributed by atoms with Gasteiger partial charge >= 0.3 is 6.09 Å². The number of aromatic nitrogens is 1. The molecule has 10 heteroatoms. The number of amides is 2. The lowest BCUT2D eigenvalue weighted by Gasteiger charge is -2.39. The lowest BCUT2D eigenvalue weighted by Crippen LogP contribution is -2.57. The minimum Gasteiger partial charge on any atom is -0.490 e. The number of rotatable bonds is 1. The molecule has 1 spiro atoms. The van der Waals surface area contributed by atoms with Crippen molar-refractivity contribution in [1.29, 1.82) is 0 Å². The molecule has 3 fully saturated rings. The largest absolute Gasteiger partial charge is 0.490 e. The molecule has 29 heavy (non-hydrogen) atoms. The predicted molar refractivity (Wildman–Crippen MR) is 104 cm³/mol. The molecule has 2 amide bonds. The van der Waals surface area contributed by atoms with Gasteiger partial charge in [0.25, 0.3) is 5.91 Å². The number of piperazine rings is 1.